The van der Waals surface area contributed by atoms with Crippen LogP contribution in [0.3, 0.4) is 0 Å². The monoisotopic (exact) mass is 352 g/mol. The molecule has 0 aliphatic heterocycles. The van der Waals surface area contributed by atoms with Crippen LogP contribution in [0.25, 0.3) is 0 Å². The lowest BCUT2D eigenvalue weighted by atomic mass is 10.1. The van der Waals surface area contributed by atoms with Crippen LogP contribution < -0.4 is 5.32 Å². The van der Waals surface area contributed by atoms with Crippen LogP contribution in [-0.2, 0) is 0 Å². The second-order valence-corrected chi connectivity index (χ2v) is 5.21. The summed E-state index contributed by atoms with van der Waals surface area (Å²) in [5, 5.41) is 13.5. The number of hydrogen-bond acceptors (Lipinski definition) is 3. The molecule has 0 saturated heterocycles. The molecular formula is C14H10BrFN2O3. The standard InChI is InChI=1S/C14H10BrFN2O3/c1-8-2-5-11(15)12(6-8)17-14(19)10-4-3-9(16)7-13(10)18(20)21/h2-7H,1H3,(H,17,19). The molecule has 0 fully saturated rings. The van der Waals surface area contributed by atoms with Crippen molar-refractivity contribution in [2.45, 2.75) is 6.92 Å². The maximum Gasteiger partial charge on any atom is 0.285 e. The van der Waals surface area contributed by atoms with Gasteiger partial charge in [-0.2, -0.15) is 0 Å². The van der Waals surface area contributed by atoms with Crippen molar-refractivity contribution in [2.24, 2.45) is 0 Å². The number of halogens is 2. The highest BCUT2D eigenvalue weighted by atomic mass is 79.9. The van der Waals surface area contributed by atoms with Gasteiger partial charge in [0, 0.05) is 4.47 Å². The molecule has 0 aromatic heterocycles. The van der Waals surface area contributed by atoms with E-state index in [0.717, 1.165) is 23.8 Å². The number of amides is 1. The lowest BCUT2D eigenvalue weighted by molar-refractivity contribution is -0.385. The minimum absolute atomic E-state index is 0.199. The van der Waals surface area contributed by atoms with Gasteiger partial charge in [-0.25, -0.2) is 4.39 Å². The summed E-state index contributed by atoms with van der Waals surface area (Å²) >= 11 is 3.28. The minimum Gasteiger partial charge on any atom is -0.321 e. The zero-order valence-electron chi connectivity index (χ0n) is 10.9. The van der Waals surface area contributed by atoms with Crippen LogP contribution in [0.5, 0.6) is 0 Å². The Balaban J connectivity index is 2.37. The van der Waals surface area contributed by atoms with E-state index >= 15 is 0 Å². The number of nitrogens with zero attached hydrogens (tertiary/aromatic N) is 1. The molecule has 0 saturated carbocycles. The van der Waals surface area contributed by atoms with Crippen molar-refractivity contribution in [1.29, 1.82) is 0 Å². The first kappa shape index (κ1) is 15.1. The van der Waals surface area contributed by atoms with E-state index in [-0.39, 0.29) is 5.56 Å². The lowest BCUT2D eigenvalue weighted by Gasteiger charge is -2.08. The number of carbonyl (C=O) groups excluding carboxylic acids is 1. The van der Waals surface area contributed by atoms with E-state index in [9.17, 15) is 19.3 Å². The second kappa shape index (κ2) is 6.01. The molecular weight excluding hydrogens is 343 g/mol. The van der Waals surface area contributed by atoms with Crippen LogP contribution in [-0.4, -0.2) is 10.8 Å². The highest BCUT2D eigenvalue weighted by molar-refractivity contribution is 9.10. The van der Waals surface area contributed by atoms with E-state index in [4.69, 9.17) is 0 Å². The van der Waals surface area contributed by atoms with Crippen molar-refractivity contribution in [2.75, 3.05) is 5.32 Å². The van der Waals surface area contributed by atoms with Gasteiger partial charge in [-0.1, -0.05) is 6.07 Å². The summed E-state index contributed by atoms with van der Waals surface area (Å²) in [6.45, 7) is 1.85. The zero-order valence-corrected chi connectivity index (χ0v) is 12.5. The number of nitro benzene ring substituents is 1. The number of hydrogen-bond donors (Lipinski definition) is 1. The van der Waals surface area contributed by atoms with Gasteiger partial charge >= 0.3 is 0 Å². The molecule has 0 unspecified atom stereocenters. The minimum atomic E-state index is -0.788. The fraction of sp³-hybridized carbons (Fsp3) is 0.0714. The molecule has 0 spiro atoms. The van der Waals surface area contributed by atoms with Gasteiger partial charge in [-0.05, 0) is 52.7 Å². The number of nitrogens with one attached hydrogen (secondary N) is 1. The fourth-order valence-corrected chi connectivity index (χ4v) is 2.12. The first-order chi connectivity index (χ1) is 9.88. The van der Waals surface area contributed by atoms with Gasteiger partial charge in [0.15, 0.2) is 0 Å². The molecule has 0 aliphatic rings. The average molecular weight is 353 g/mol. The molecule has 7 heteroatoms. The molecule has 2 aromatic rings. The summed E-state index contributed by atoms with van der Waals surface area (Å²) in [6.07, 6.45) is 0. The lowest BCUT2D eigenvalue weighted by Crippen LogP contribution is -2.14. The zero-order chi connectivity index (χ0) is 15.6. The predicted molar refractivity (Wildman–Crippen MR) is 79.9 cm³/mol. The third-order valence-corrected chi connectivity index (χ3v) is 3.46. The first-order valence-electron chi connectivity index (χ1n) is 5.90. The Morgan fingerprint density at radius 1 is 1.29 bits per heavy atom. The number of rotatable bonds is 3. The quantitative estimate of drug-likeness (QED) is 0.668. The molecule has 21 heavy (non-hydrogen) atoms. The van der Waals surface area contributed by atoms with E-state index in [0.29, 0.717) is 10.2 Å². The maximum absolute atomic E-state index is 13.1. The molecule has 2 rings (SSSR count). The number of anilines is 1. The van der Waals surface area contributed by atoms with Crippen LogP contribution in [0.1, 0.15) is 15.9 Å². The normalized spacial score (nSPS) is 10.2. The van der Waals surface area contributed by atoms with Gasteiger partial charge in [-0.15, -0.1) is 0 Å². The Hall–Kier alpha value is -2.28. The van der Waals surface area contributed by atoms with Gasteiger partial charge in [0.05, 0.1) is 16.7 Å². The van der Waals surface area contributed by atoms with Crippen LogP contribution in [0.15, 0.2) is 40.9 Å². The molecule has 1 amide bonds. The van der Waals surface area contributed by atoms with E-state index in [1.165, 1.54) is 0 Å². The number of carbonyl (C=O) groups is 1. The van der Waals surface area contributed by atoms with E-state index in [1.54, 1.807) is 12.1 Å². The summed E-state index contributed by atoms with van der Waals surface area (Å²) in [5.41, 5.74) is 0.631. The third-order valence-electron chi connectivity index (χ3n) is 2.77. The van der Waals surface area contributed by atoms with Crippen molar-refractivity contribution in [3.8, 4) is 0 Å². The summed E-state index contributed by atoms with van der Waals surface area (Å²) in [7, 11) is 0. The highest BCUT2D eigenvalue weighted by Gasteiger charge is 2.21. The molecule has 108 valence electrons. The predicted octanol–water partition coefficient (Wildman–Crippen LogP) is 4.06. The molecule has 0 radical (unpaired) electrons. The molecule has 0 bridgehead atoms. The topological polar surface area (TPSA) is 72.2 Å². The van der Waals surface area contributed by atoms with Gasteiger partial charge in [0.1, 0.15) is 11.4 Å². The van der Waals surface area contributed by atoms with Crippen LogP contribution in [0.2, 0.25) is 0 Å². The molecule has 2 aromatic carbocycles. The smallest absolute Gasteiger partial charge is 0.285 e. The first-order valence-corrected chi connectivity index (χ1v) is 6.69. The summed E-state index contributed by atoms with van der Waals surface area (Å²) in [4.78, 5) is 22.3. The van der Waals surface area contributed by atoms with Crippen LogP contribution in [0.4, 0.5) is 15.8 Å². The van der Waals surface area contributed by atoms with Crippen molar-refractivity contribution in [3.05, 3.63) is 67.9 Å². The summed E-state index contributed by atoms with van der Waals surface area (Å²) < 4.78 is 13.7. The molecule has 1 N–H and O–H groups in total. The molecule has 0 aliphatic carbocycles. The molecule has 5 nitrogen and oxygen atoms in total. The Labute approximate surface area is 128 Å². The Kier molecular flexibility index (Phi) is 4.32. The van der Waals surface area contributed by atoms with Gasteiger partial charge in [0.2, 0.25) is 0 Å². The Morgan fingerprint density at radius 3 is 2.67 bits per heavy atom. The Morgan fingerprint density at radius 2 is 2.00 bits per heavy atom. The number of aryl methyl sites for hydroxylation is 1. The van der Waals surface area contributed by atoms with Crippen LogP contribution >= 0.6 is 15.9 Å². The van der Waals surface area contributed by atoms with Gasteiger partial charge < -0.3 is 5.32 Å². The van der Waals surface area contributed by atoms with Crippen molar-refractivity contribution in [1.82, 2.24) is 0 Å². The van der Waals surface area contributed by atoms with Crippen LogP contribution in [0, 0.1) is 22.9 Å². The van der Waals surface area contributed by atoms with Gasteiger partial charge in [0.25, 0.3) is 11.6 Å². The van der Waals surface area contributed by atoms with Crippen molar-refractivity contribution < 1.29 is 14.1 Å². The second-order valence-electron chi connectivity index (χ2n) is 4.36. The number of benzene rings is 2. The largest absolute Gasteiger partial charge is 0.321 e. The summed E-state index contributed by atoms with van der Waals surface area (Å²) in [6, 6.07) is 8.14. The highest BCUT2D eigenvalue weighted by Crippen LogP contribution is 2.26. The molecule has 0 atom stereocenters. The van der Waals surface area contributed by atoms with E-state index < -0.39 is 22.3 Å². The van der Waals surface area contributed by atoms with Crippen molar-refractivity contribution >= 4 is 33.2 Å². The SMILES string of the molecule is Cc1ccc(Br)c(NC(=O)c2ccc(F)cc2[N+](=O)[O-])c1. The Bertz CT molecular complexity index is 734. The van der Waals surface area contributed by atoms with Crippen molar-refractivity contribution in [3.63, 3.8) is 0 Å². The average Bonchev–Trinajstić information content (AvgIpc) is 2.42. The molecule has 0 heterocycles. The third kappa shape index (κ3) is 3.43. The van der Waals surface area contributed by atoms with E-state index in [1.807, 2.05) is 13.0 Å². The van der Waals surface area contributed by atoms with Gasteiger partial charge in [-0.3, -0.25) is 14.9 Å². The maximum atomic E-state index is 13.1. The summed E-state index contributed by atoms with van der Waals surface area (Å²) in [5.74, 6) is -1.44. The number of nitro groups is 1. The fourth-order valence-electron chi connectivity index (χ4n) is 1.77. The van der Waals surface area contributed by atoms with E-state index in [2.05, 4.69) is 21.2 Å².